The highest BCUT2D eigenvalue weighted by atomic mass is 16.5. The molecule has 0 fully saturated rings. The van der Waals surface area contributed by atoms with Crippen LogP contribution in [0.25, 0.3) is 0 Å². The van der Waals surface area contributed by atoms with Crippen molar-refractivity contribution in [1.82, 2.24) is 9.97 Å². The maximum Gasteiger partial charge on any atom is 0.242 e. The third kappa shape index (κ3) is 2.96. The van der Waals surface area contributed by atoms with Gasteiger partial charge in [0.25, 0.3) is 0 Å². The summed E-state index contributed by atoms with van der Waals surface area (Å²) in [6.45, 7) is 3.10. The van der Waals surface area contributed by atoms with Crippen molar-refractivity contribution in [2.45, 2.75) is 13.3 Å². The van der Waals surface area contributed by atoms with E-state index in [9.17, 15) is 0 Å². The maximum atomic E-state index is 8.84. The molecular weight excluding hydrogens is 208 g/mol. The third-order valence-corrected chi connectivity index (χ3v) is 2.07. The van der Waals surface area contributed by atoms with E-state index in [1.807, 2.05) is 6.92 Å². The Labute approximate surface area is 95.1 Å². The first-order valence-electron chi connectivity index (χ1n) is 5.26. The minimum Gasteiger partial charge on any atom is -0.476 e. The number of rotatable bonds is 6. The lowest BCUT2D eigenvalue weighted by Gasteiger charge is -2.19. The predicted octanol–water partition coefficient (Wildman–Crippen LogP) is 0.276. The van der Waals surface area contributed by atoms with E-state index in [1.165, 1.54) is 6.33 Å². The molecule has 6 heteroatoms. The van der Waals surface area contributed by atoms with Crippen LogP contribution in [0.3, 0.4) is 0 Å². The Morgan fingerprint density at radius 3 is 2.88 bits per heavy atom. The molecule has 1 heterocycles. The summed E-state index contributed by atoms with van der Waals surface area (Å²) < 4.78 is 5.39. The Bertz CT molecular complexity index is 333. The van der Waals surface area contributed by atoms with Gasteiger partial charge in [0.2, 0.25) is 5.88 Å². The molecule has 0 aliphatic rings. The molecule has 0 amide bonds. The van der Waals surface area contributed by atoms with E-state index >= 15 is 0 Å². The Balaban J connectivity index is 2.85. The van der Waals surface area contributed by atoms with Gasteiger partial charge in [-0.05, 0) is 6.42 Å². The fraction of sp³-hybridized carbons (Fsp3) is 0.600. The summed E-state index contributed by atoms with van der Waals surface area (Å²) in [7, 11) is 1.80. The number of hydrogen-bond acceptors (Lipinski definition) is 6. The Hall–Kier alpha value is -1.56. The maximum absolute atomic E-state index is 8.84. The minimum atomic E-state index is 0.0467. The molecule has 6 nitrogen and oxygen atoms in total. The van der Waals surface area contributed by atoms with Crippen LogP contribution < -0.4 is 15.4 Å². The molecule has 0 aromatic carbocycles. The summed E-state index contributed by atoms with van der Waals surface area (Å²) in [5.41, 5.74) is 6.29. The normalized spacial score (nSPS) is 10.2. The Morgan fingerprint density at radius 1 is 1.50 bits per heavy atom. The van der Waals surface area contributed by atoms with Crippen molar-refractivity contribution < 1.29 is 9.84 Å². The molecule has 1 rings (SSSR count). The number of nitrogen functional groups attached to an aromatic ring is 1. The lowest BCUT2D eigenvalue weighted by Crippen LogP contribution is -2.23. The first-order chi connectivity index (χ1) is 7.70. The highest BCUT2D eigenvalue weighted by Gasteiger charge is 2.12. The predicted molar refractivity (Wildman–Crippen MR) is 62.6 cm³/mol. The van der Waals surface area contributed by atoms with Crippen LogP contribution in [0.1, 0.15) is 13.3 Å². The standard InChI is InChI=1S/C10H18N4O2/c1-3-6-16-10-8(11)9(12-7-13-10)14(2)4-5-15/h7,15H,3-6,11H2,1-2H3. The van der Waals surface area contributed by atoms with Crippen molar-refractivity contribution in [1.29, 1.82) is 0 Å². The summed E-state index contributed by atoms with van der Waals surface area (Å²) in [6, 6.07) is 0. The second kappa shape index (κ2) is 6.12. The first-order valence-corrected chi connectivity index (χ1v) is 5.26. The Kier molecular flexibility index (Phi) is 4.78. The highest BCUT2D eigenvalue weighted by Crippen LogP contribution is 2.26. The van der Waals surface area contributed by atoms with Gasteiger partial charge in [0.05, 0.1) is 13.2 Å². The molecule has 0 spiro atoms. The average Bonchev–Trinajstić information content (AvgIpc) is 2.28. The zero-order valence-electron chi connectivity index (χ0n) is 9.68. The second-order valence-corrected chi connectivity index (χ2v) is 3.41. The largest absolute Gasteiger partial charge is 0.476 e. The summed E-state index contributed by atoms with van der Waals surface area (Å²) in [6.07, 6.45) is 2.30. The van der Waals surface area contributed by atoms with Crippen molar-refractivity contribution >= 4 is 11.5 Å². The van der Waals surface area contributed by atoms with Crippen LogP contribution in [0, 0.1) is 0 Å². The molecule has 0 saturated carbocycles. The van der Waals surface area contributed by atoms with Crippen molar-refractivity contribution in [2.24, 2.45) is 0 Å². The van der Waals surface area contributed by atoms with Gasteiger partial charge < -0.3 is 20.5 Å². The first kappa shape index (κ1) is 12.5. The van der Waals surface area contributed by atoms with Gasteiger partial charge in [-0.1, -0.05) is 6.92 Å². The quantitative estimate of drug-likeness (QED) is 0.724. The van der Waals surface area contributed by atoms with Crippen LogP contribution in [0.4, 0.5) is 11.5 Å². The molecule has 3 N–H and O–H groups in total. The molecule has 0 aliphatic carbocycles. The second-order valence-electron chi connectivity index (χ2n) is 3.41. The summed E-state index contributed by atoms with van der Waals surface area (Å²) in [4.78, 5) is 9.80. The van der Waals surface area contributed by atoms with E-state index in [4.69, 9.17) is 15.6 Å². The number of anilines is 2. The zero-order chi connectivity index (χ0) is 12.0. The monoisotopic (exact) mass is 226 g/mol. The van der Waals surface area contributed by atoms with Gasteiger partial charge in [0.15, 0.2) is 5.82 Å². The van der Waals surface area contributed by atoms with E-state index < -0.39 is 0 Å². The fourth-order valence-corrected chi connectivity index (χ4v) is 1.24. The SMILES string of the molecule is CCCOc1ncnc(N(C)CCO)c1N. The number of aromatic nitrogens is 2. The van der Waals surface area contributed by atoms with Gasteiger partial charge in [-0.15, -0.1) is 0 Å². The molecule has 0 saturated heterocycles. The molecule has 1 aromatic rings. The van der Waals surface area contributed by atoms with Gasteiger partial charge in [-0.2, -0.15) is 4.98 Å². The molecule has 1 aromatic heterocycles. The lowest BCUT2D eigenvalue weighted by molar-refractivity contribution is 0.302. The van der Waals surface area contributed by atoms with E-state index in [0.717, 1.165) is 6.42 Å². The van der Waals surface area contributed by atoms with E-state index in [0.29, 0.717) is 30.5 Å². The van der Waals surface area contributed by atoms with Crippen LogP contribution >= 0.6 is 0 Å². The van der Waals surface area contributed by atoms with Crippen molar-refractivity contribution in [3.8, 4) is 5.88 Å². The molecule has 0 radical (unpaired) electrons. The number of likely N-dealkylation sites (N-methyl/N-ethyl adjacent to an activating group) is 1. The van der Waals surface area contributed by atoms with Gasteiger partial charge in [-0.3, -0.25) is 0 Å². The molecular formula is C10H18N4O2. The molecule has 90 valence electrons. The highest BCUT2D eigenvalue weighted by molar-refractivity contribution is 5.67. The number of hydrogen-bond donors (Lipinski definition) is 2. The third-order valence-electron chi connectivity index (χ3n) is 2.07. The van der Waals surface area contributed by atoms with Gasteiger partial charge in [-0.25, -0.2) is 4.98 Å². The minimum absolute atomic E-state index is 0.0467. The van der Waals surface area contributed by atoms with Gasteiger partial charge in [0, 0.05) is 13.6 Å². The van der Waals surface area contributed by atoms with Crippen LogP contribution in [0.2, 0.25) is 0 Å². The smallest absolute Gasteiger partial charge is 0.242 e. The summed E-state index contributed by atoms with van der Waals surface area (Å²) >= 11 is 0. The summed E-state index contributed by atoms with van der Waals surface area (Å²) in [5.74, 6) is 0.979. The van der Waals surface area contributed by atoms with E-state index in [-0.39, 0.29) is 6.61 Å². The zero-order valence-corrected chi connectivity index (χ0v) is 9.68. The molecule has 0 aliphatic heterocycles. The van der Waals surface area contributed by atoms with Gasteiger partial charge >= 0.3 is 0 Å². The van der Waals surface area contributed by atoms with Crippen LogP contribution in [0.5, 0.6) is 5.88 Å². The van der Waals surface area contributed by atoms with Crippen molar-refractivity contribution in [3.63, 3.8) is 0 Å². The lowest BCUT2D eigenvalue weighted by atomic mass is 10.4. The van der Waals surface area contributed by atoms with Crippen molar-refractivity contribution in [3.05, 3.63) is 6.33 Å². The van der Waals surface area contributed by atoms with Crippen LogP contribution in [0.15, 0.2) is 6.33 Å². The Morgan fingerprint density at radius 2 is 2.25 bits per heavy atom. The molecule has 0 unspecified atom stereocenters. The van der Waals surface area contributed by atoms with Crippen LogP contribution in [-0.4, -0.2) is 41.9 Å². The number of aliphatic hydroxyl groups is 1. The fourth-order valence-electron chi connectivity index (χ4n) is 1.24. The summed E-state index contributed by atoms with van der Waals surface area (Å²) in [5, 5.41) is 8.84. The van der Waals surface area contributed by atoms with Crippen LogP contribution in [-0.2, 0) is 0 Å². The topological polar surface area (TPSA) is 84.5 Å². The molecule has 0 atom stereocenters. The number of nitrogens with zero attached hydrogens (tertiary/aromatic N) is 3. The number of ether oxygens (including phenoxy) is 1. The molecule has 0 bridgehead atoms. The average molecular weight is 226 g/mol. The van der Waals surface area contributed by atoms with E-state index in [2.05, 4.69) is 9.97 Å². The molecule has 16 heavy (non-hydrogen) atoms. The van der Waals surface area contributed by atoms with E-state index in [1.54, 1.807) is 11.9 Å². The number of nitrogens with two attached hydrogens (primary N) is 1. The van der Waals surface area contributed by atoms with Gasteiger partial charge in [0.1, 0.15) is 12.0 Å². The van der Waals surface area contributed by atoms with Crippen molar-refractivity contribution in [2.75, 3.05) is 37.4 Å². The number of aliphatic hydroxyl groups excluding tert-OH is 1.